The van der Waals surface area contributed by atoms with E-state index in [1.165, 1.54) is 6.07 Å². The first kappa shape index (κ1) is 17.8. The van der Waals surface area contributed by atoms with Crippen LogP contribution in [0.2, 0.25) is 0 Å². The predicted molar refractivity (Wildman–Crippen MR) is 102 cm³/mol. The number of hydrogen-bond acceptors (Lipinski definition) is 5. The van der Waals surface area contributed by atoms with Crippen molar-refractivity contribution in [1.82, 2.24) is 9.97 Å². The van der Waals surface area contributed by atoms with Gasteiger partial charge < -0.3 is 9.80 Å². The van der Waals surface area contributed by atoms with Crippen molar-refractivity contribution in [2.24, 2.45) is 0 Å². The first-order valence-electron chi connectivity index (χ1n) is 8.49. The van der Waals surface area contributed by atoms with Gasteiger partial charge in [0.1, 0.15) is 5.82 Å². The summed E-state index contributed by atoms with van der Waals surface area (Å²) >= 11 is 1.76. The van der Waals surface area contributed by atoms with Gasteiger partial charge in [0, 0.05) is 38.0 Å². The van der Waals surface area contributed by atoms with E-state index >= 15 is 0 Å². The average Bonchev–Trinajstić information content (AvgIpc) is 2.60. The Labute approximate surface area is 151 Å². The minimum atomic E-state index is -0.199. The molecule has 1 fully saturated rings. The minimum Gasteiger partial charge on any atom is -0.366 e. The zero-order valence-corrected chi connectivity index (χ0v) is 15.4. The summed E-state index contributed by atoms with van der Waals surface area (Å²) in [5, 5.41) is 0.494. The summed E-state index contributed by atoms with van der Waals surface area (Å²) in [4.78, 5) is 23.5. The number of anilines is 2. The molecule has 1 aromatic heterocycles. The van der Waals surface area contributed by atoms with Gasteiger partial charge in [0.2, 0.25) is 5.95 Å². The van der Waals surface area contributed by atoms with Crippen molar-refractivity contribution in [2.75, 3.05) is 36.0 Å². The third-order valence-electron chi connectivity index (χ3n) is 4.12. The molecule has 3 rings (SSSR count). The molecule has 2 heterocycles. The van der Waals surface area contributed by atoms with Gasteiger partial charge in [-0.15, -0.1) is 0 Å². The van der Waals surface area contributed by atoms with E-state index in [1.54, 1.807) is 30.0 Å². The van der Waals surface area contributed by atoms with E-state index in [1.807, 2.05) is 11.0 Å². The van der Waals surface area contributed by atoms with Crippen LogP contribution >= 0.6 is 11.8 Å². The summed E-state index contributed by atoms with van der Waals surface area (Å²) in [7, 11) is 0. The molecule has 1 N–H and O–H groups in total. The van der Waals surface area contributed by atoms with Crippen LogP contribution < -0.4 is 15.4 Å². The summed E-state index contributed by atoms with van der Waals surface area (Å²) in [6.45, 7) is 7.02. The van der Waals surface area contributed by atoms with Gasteiger partial charge in [0.15, 0.2) is 0 Å². The van der Waals surface area contributed by atoms with Crippen molar-refractivity contribution in [2.45, 2.75) is 24.9 Å². The van der Waals surface area contributed by atoms with Crippen LogP contribution in [0.1, 0.15) is 19.5 Å². The van der Waals surface area contributed by atoms with Gasteiger partial charge in [-0.25, -0.2) is 9.37 Å². The molecule has 5 nitrogen and oxygen atoms in total. The Balaban J connectivity index is 1.68. The quantitative estimate of drug-likeness (QED) is 0.886. The van der Waals surface area contributed by atoms with Gasteiger partial charge >= 0.3 is 0 Å². The van der Waals surface area contributed by atoms with E-state index < -0.39 is 0 Å². The van der Waals surface area contributed by atoms with E-state index in [2.05, 4.69) is 28.7 Å². The number of aromatic amines is 1. The van der Waals surface area contributed by atoms with E-state index in [4.69, 9.17) is 0 Å². The van der Waals surface area contributed by atoms with Crippen LogP contribution in [0.3, 0.4) is 0 Å². The largest absolute Gasteiger partial charge is 0.366 e. The molecule has 0 saturated carbocycles. The van der Waals surface area contributed by atoms with Crippen molar-refractivity contribution in [3.8, 4) is 0 Å². The van der Waals surface area contributed by atoms with E-state index in [0.29, 0.717) is 43.1 Å². The Morgan fingerprint density at radius 3 is 2.56 bits per heavy atom. The number of benzene rings is 1. The van der Waals surface area contributed by atoms with Crippen LogP contribution in [0.25, 0.3) is 0 Å². The number of hydrogen-bond donors (Lipinski definition) is 1. The number of aromatic nitrogens is 2. The normalized spacial score (nSPS) is 15.0. The lowest BCUT2D eigenvalue weighted by Gasteiger charge is -2.36. The van der Waals surface area contributed by atoms with E-state index in [9.17, 15) is 9.18 Å². The van der Waals surface area contributed by atoms with Crippen LogP contribution in [0.15, 0.2) is 35.1 Å². The van der Waals surface area contributed by atoms with Gasteiger partial charge in [-0.2, -0.15) is 11.8 Å². The van der Waals surface area contributed by atoms with Gasteiger partial charge in [-0.1, -0.05) is 26.0 Å². The maximum Gasteiger partial charge on any atom is 0.252 e. The van der Waals surface area contributed by atoms with Gasteiger partial charge in [0.25, 0.3) is 5.56 Å². The predicted octanol–water partition coefficient (Wildman–Crippen LogP) is 2.88. The number of nitrogens with one attached hydrogen (secondary N) is 1. The first-order chi connectivity index (χ1) is 12.0. The average molecular weight is 362 g/mol. The van der Waals surface area contributed by atoms with Crippen molar-refractivity contribution in [1.29, 1.82) is 0 Å². The summed E-state index contributed by atoms with van der Waals surface area (Å²) in [5.74, 6) is 1.14. The lowest BCUT2D eigenvalue weighted by molar-refractivity contribution is 0.593. The molecule has 2 aromatic rings. The molecule has 0 radical (unpaired) electrons. The summed E-state index contributed by atoms with van der Waals surface area (Å²) in [6, 6.07) is 8.39. The highest BCUT2D eigenvalue weighted by atomic mass is 32.2. The highest BCUT2D eigenvalue weighted by Crippen LogP contribution is 2.22. The molecule has 0 spiro atoms. The minimum absolute atomic E-state index is 0.124. The molecular weight excluding hydrogens is 339 g/mol. The molecule has 0 amide bonds. The second-order valence-electron chi connectivity index (χ2n) is 6.35. The molecule has 134 valence electrons. The van der Waals surface area contributed by atoms with E-state index in [0.717, 1.165) is 11.4 Å². The number of H-pyrrole nitrogens is 1. The highest BCUT2D eigenvalue weighted by Gasteiger charge is 2.21. The fourth-order valence-corrected chi connectivity index (χ4v) is 3.49. The highest BCUT2D eigenvalue weighted by molar-refractivity contribution is 7.99. The zero-order chi connectivity index (χ0) is 17.8. The van der Waals surface area contributed by atoms with Gasteiger partial charge in [-0.05, 0) is 17.4 Å². The molecule has 25 heavy (non-hydrogen) atoms. The molecule has 1 aromatic carbocycles. The summed E-state index contributed by atoms with van der Waals surface area (Å²) in [6.07, 6.45) is 0. The van der Waals surface area contributed by atoms with Crippen molar-refractivity contribution in [3.05, 3.63) is 52.2 Å². The molecule has 1 aliphatic heterocycles. The Kier molecular flexibility index (Phi) is 5.63. The van der Waals surface area contributed by atoms with Crippen LogP contribution in [0, 0.1) is 5.82 Å². The SMILES string of the molecule is CC(C)SCc1cc(=O)[nH]c(N2CCN(c3ccccc3F)CC2)n1. The van der Waals surface area contributed by atoms with Gasteiger partial charge in [0.05, 0.1) is 11.4 Å². The molecule has 0 atom stereocenters. The number of halogens is 1. The fraction of sp³-hybridized carbons (Fsp3) is 0.444. The lowest BCUT2D eigenvalue weighted by Crippen LogP contribution is -2.47. The van der Waals surface area contributed by atoms with Gasteiger partial charge in [-0.3, -0.25) is 9.78 Å². The molecule has 7 heteroatoms. The number of piperazine rings is 1. The third kappa shape index (κ3) is 4.54. The Morgan fingerprint density at radius 2 is 1.88 bits per heavy atom. The molecule has 1 aliphatic rings. The second-order valence-corrected chi connectivity index (χ2v) is 7.91. The topological polar surface area (TPSA) is 52.2 Å². The fourth-order valence-electron chi connectivity index (χ4n) is 2.84. The Bertz CT molecular complexity index is 772. The third-order valence-corrected chi connectivity index (χ3v) is 5.25. The molecular formula is C18H23FN4OS. The maximum atomic E-state index is 13.9. The maximum absolute atomic E-state index is 13.9. The number of para-hydroxylation sites is 1. The molecule has 1 saturated heterocycles. The molecule has 0 bridgehead atoms. The van der Waals surface area contributed by atoms with Crippen molar-refractivity contribution < 1.29 is 4.39 Å². The van der Waals surface area contributed by atoms with Crippen molar-refractivity contribution >= 4 is 23.4 Å². The van der Waals surface area contributed by atoms with Crippen LogP contribution in [-0.2, 0) is 5.75 Å². The summed E-state index contributed by atoms with van der Waals surface area (Å²) < 4.78 is 13.9. The Hall–Kier alpha value is -2.02. The standard InChI is InChI=1S/C18H23FN4OS/c1-13(2)25-12-14-11-17(24)21-18(20-14)23-9-7-22(8-10-23)16-6-4-3-5-15(16)19/h3-6,11,13H,7-10,12H2,1-2H3,(H,20,21,24). The number of nitrogens with zero attached hydrogens (tertiary/aromatic N) is 3. The Morgan fingerprint density at radius 1 is 1.20 bits per heavy atom. The number of thioether (sulfide) groups is 1. The summed E-state index contributed by atoms with van der Waals surface area (Å²) in [5.41, 5.74) is 1.31. The first-order valence-corrected chi connectivity index (χ1v) is 9.54. The molecule has 0 unspecified atom stereocenters. The van der Waals surface area contributed by atoms with Crippen LogP contribution in [0.4, 0.5) is 16.0 Å². The number of rotatable bonds is 5. The zero-order valence-electron chi connectivity index (χ0n) is 14.5. The van der Waals surface area contributed by atoms with Crippen LogP contribution in [-0.4, -0.2) is 41.4 Å². The second kappa shape index (κ2) is 7.91. The monoisotopic (exact) mass is 362 g/mol. The lowest BCUT2D eigenvalue weighted by atomic mass is 10.2. The smallest absolute Gasteiger partial charge is 0.252 e. The van der Waals surface area contributed by atoms with Crippen molar-refractivity contribution in [3.63, 3.8) is 0 Å². The van der Waals surface area contributed by atoms with E-state index in [-0.39, 0.29) is 11.4 Å². The van der Waals surface area contributed by atoms with Crippen LogP contribution in [0.5, 0.6) is 0 Å². The molecule has 0 aliphatic carbocycles.